The van der Waals surface area contributed by atoms with Crippen LogP contribution in [0.25, 0.3) is 0 Å². The van der Waals surface area contributed by atoms with E-state index in [1.165, 1.54) is 5.56 Å². The first-order valence-electron chi connectivity index (χ1n) is 6.54. The summed E-state index contributed by atoms with van der Waals surface area (Å²) in [7, 11) is 0. The Hall–Kier alpha value is -0.670. The van der Waals surface area contributed by atoms with Gasteiger partial charge in [-0.1, -0.05) is 26.0 Å². The second-order valence-corrected chi connectivity index (χ2v) is 5.92. The lowest BCUT2D eigenvalue weighted by Crippen LogP contribution is -2.33. The zero-order valence-electron chi connectivity index (χ0n) is 11.9. The molecule has 0 aliphatic rings. The van der Waals surface area contributed by atoms with Gasteiger partial charge in [-0.2, -0.15) is 12.6 Å². The van der Waals surface area contributed by atoms with Crippen molar-refractivity contribution in [3.05, 3.63) is 29.8 Å². The van der Waals surface area contributed by atoms with E-state index < -0.39 is 0 Å². The minimum Gasteiger partial charge on any atom is -0.491 e. The van der Waals surface area contributed by atoms with E-state index in [1.807, 2.05) is 13.8 Å². The van der Waals surface area contributed by atoms with Crippen molar-refractivity contribution in [1.82, 2.24) is 5.32 Å². The van der Waals surface area contributed by atoms with E-state index >= 15 is 0 Å². The van der Waals surface area contributed by atoms with Crippen LogP contribution in [0.5, 0.6) is 5.75 Å². The molecule has 102 valence electrons. The first kappa shape index (κ1) is 15.4. The first-order valence-corrected chi connectivity index (χ1v) is 7.18. The minimum absolute atomic E-state index is 0.124. The zero-order valence-corrected chi connectivity index (χ0v) is 12.8. The van der Waals surface area contributed by atoms with Crippen molar-refractivity contribution in [3.8, 4) is 5.75 Å². The maximum atomic E-state index is 5.65. The minimum atomic E-state index is 0.124. The Kier molecular flexibility index (Phi) is 6.03. The highest BCUT2D eigenvalue weighted by atomic mass is 32.1. The summed E-state index contributed by atoms with van der Waals surface area (Å²) in [6, 6.07) is 8.41. The molecule has 1 N–H and O–H groups in total. The predicted molar refractivity (Wildman–Crippen MR) is 82.0 cm³/mol. The van der Waals surface area contributed by atoms with E-state index in [2.05, 4.69) is 56.1 Å². The molecule has 0 unspecified atom stereocenters. The smallest absolute Gasteiger partial charge is 0.119 e. The van der Waals surface area contributed by atoms with Crippen molar-refractivity contribution < 1.29 is 4.74 Å². The third-order valence-corrected chi connectivity index (χ3v) is 3.09. The van der Waals surface area contributed by atoms with Gasteiger partial charge in [0.05, 0.1) is 6.10 Å². The summed E-state index contributed by atoms with van der Waals surface area (Å²) in [6.45, 7) is 10.5. The highest BCUT2D eigenvalue weighted by Crippen LogP contribution is 2.24. The van der Waals surface area contributed by atoms with Crippen LogP contribution in [0, 0.1) is 0 Å². The summed E-state index contributed by atoms with van der Waals surface area (Å²) in [5.41, 5.74) is 1.45. The number of thiol groups is 1. The number of nitrogens with one attached hydrogen (secondary N) is 1. The highest BCUT2D eigenvalue weighted by Gasteiger charge is 2.19. The molecule has 1 aromatic rings. The van der Waals surface area contributed by atoms with Crippen LogP contribution in [0.3, 0.4) is 0 Å². The number of hydrogen-bond acceptors (Lipinski definition) is 3. The second-order valence-electron chi connectivity index (χ2n) is 5.48. The van der Waals surface area contributed by atoms with E-state index in [0.717, 1.165) is 24.6 Å². The maximum absolute atomic E-state index is 5.65. The summed E-state index contributed by atoms with van der Waals surface area (Å²) >= 11 is 4.20. The van der Waals surface area contributed by atoms with Gasteiger partial charge in [0, 0.05) is 24.3 Å². The van der Waals surface area contributed by atoms with E-state index in [4.69, 9.17) is 4.74 Å². The lowest BCUT2D eigenvalue weighted by atomic mass is 9.84. The SMILES string of the molecule is CC(C)Oc1ccc(C(C)(C)CNCCS)cc1. The first-order chi connectivity index (χ1) is 8.45. The average Bonchev–Trinajstić information content (AvgIpc) is 2.29. The topological polar surface area (TPSA) is 21.3 Å². The Morgan fingerprint density at radius 2 is 1.83 bits per heavy atom. The van der Waals surface area contributed by atoms with Crippen LogP contribution in [0.4, 0.5) is 0 Å². The molecule has 0 bridgehead atoms. The van der Waals surface area contributed by atoms with Gasteiger partial charge in [0.1, 0.15) is 5.75 Å². The summed E-state index contributed by atoms with van der Waals surface area (Å²) in [6.07, 6.45) is 0.223. The Morgan fingerprint density at radius 3 is 2.33 bits per heavy atom. The normalized spacial score (nSPS) is 11.9. The van der Waals surface area contributed by atoms with Gasteiger partial charge < -0.3 is 10.1 Å². The van der Waals surface area contributed by atoms with E-state index in [0.29, 0.717) is 0 Å². The van der Waals surface area contributed by atoms with Crippen LogP contribution >= 0.6 is 12.6 Å². The molecule has 18 heavy (non-hydrogen) atoms. The number of benzene rings is 1. The molecule has 1 aromatic carbocycles. The summed E-state index contributed by atoms with van der Waals surface area (Å²) in [5, 5.41) is 3.41. The second kappa shape index (κ2) is 7.05. The molecule has 0 spiro atoms. The lowest BCUT2D eigenvalue weighted by molar-refractivity contribution is 0.242. The predicted octanol–water partition coefficient (Wildman–Crippen LogP) is 3.27. The molecule has 0 aromatic heterocycles. The van der Waals surface area contributed by atoms with Gasteiger partial charge in [-0.3, -0.25) is 0 Å². The van der Waals surface area contributed by atoms with Crippen molar-refractivity contribution in [2.75, 3.05) is 18.8 Å². The molecule has 3 heteroatoms. The number of ether oxygens (including phenoxy) is 1. The monoisotopic (exact) mass is 267 g/mol. The molecular formula is C15H25NOS. The van der Waals surface area contributed by atoms with Crippen LogP contribution in [0.1, 0.15) is 33.3 Å². The van der Waals surface area contributed by atoms with E-state index in [9.17, 15) is 0 Å². The van der Waals surface area contributed by atoms with Gasteiger partial charge in [-0.15, -0.1) is 0 Å². The summed E-state index contributed by atoms with van der Waals surface area (Å²) in [4.78, 5) is 0. The molecule has 0 aliphatic heterocycles. The molecule has 0 amide bonds. The van der Waals surface area contributed by atoms with Gasteiger partial charge in [-0.05, 0) is 31.5 Å². The molecule has 1 rings (SSSR count). The van der Waals surface area contributed by atoms with Crippen molar-refractivity contribution in [2.45, 2.75) is 39.2 Å². The van der Waals surface area contributed by atoms with Crippen LogP contribution in [-0.2, 0) is 5.41 Å². The fraction of sp³-hybridized carbons (Fsp3) is 0.600. The highest BCUT2D eigenvalue weighted by molar-refractivity contribution is 7.80. The van der Waals surface area contributed by atoms with Gasteiger partial charge in [0.2, 0.25) is 0 Å². The van der Waals surface area contributed by atoms with Crippen LogP contribution in [0.15, 0.2) is 24.3 Å². The third-order valence-electron chi connectivity index (χ3n) is 2.86. The Bertz CT molecular complexity index is 346. The molecular weight excluding hydrogens is 242 g/mol. The number of rotatable bonds is 7. The molecule has 0 heterocycles. The Labute approximate surface area is 117 Å². The summed E-state index contributed by atoms with van der Waals surface area (Å²) in [5.74, 6) is 1.81. The standard InChI is InChI=1S/C15H25NOS/c1-12(2)17-14-7-5-13(6-8-14)15(3,4)11-16-9-10-18/h5-8,12,16,18H,9-11H2,1-4H3. The largest absolute Gasteiger partial charge is 0.491 e. The van der Waals surface area contributed by atoms with Crippen LogP contribution in [0.2, 0.25) is 0 Å². The molecule has 0 saturated carbocycles. The molecule has 0 aliphatic carbocycles. The Morgan fingerprint density at radius 1 is 1.22 bits per heavy atom. The van der Waals surface area contributed by atoms with Crippen molar-refractivity contribution in [3.63, 3.8) is 0 Å². The van der Waals surface area contributed by atoms with E-state index in [1.54, 1.807) is 0 Å². The maximum Gasteiger partial charge on any atom is 0.119 e. The quantitative estimate of drug-likeness (QED) is 0.584. The van der Waals surface area contributed by atoms with Crippen LogP contribution in [-0.4, -0.2) is 24.9 Å². The fourth-order valence-corrected chi connectivity index (χ4v) is 2.00. The molecule has 0 atom stereocenters. The van der Waals surface area contributed by atoms with Gasteiger partial charge in [0.25, 0.3) is 0 Å². The Balaban J connectivity index is 2.65. The third kappa shape index (κ3) is 4.91. The van der Waals surface area contributed by atoms with Crippen molar-refractivity contribution >= 4 is 12.6 Å². The molecule has 0 saturated heterocycles. The zero-order chi connectivity index (χ0) is 13.6. The lowest BCUT2D eigenvalue weighted by Gasteiger charge is -2.26. The van der Waals surface area contributed by atoms with Crippen LogP contribution < -0.4 is 10.1 Å². The number of hydrogen-bond donors (Lipinski definition) is 2. The molecule has 2 nitrogen and oxygen atoms in total. The van der Waals surface area contributed by atoms with Gasteiger partial charge in [-0.25, -0.2) is 0 Å². The fourth-order valence-electron chi connectivity index (χ4n) is 1.84. The van der Waals surface area contributed by atoms with Gasteiger partial charge >= 0.3 is 0 Å². The average molecular weight is 267 g/mol. The van der Waals surface area contributed by atoms with E-state index in [-0.39, 0.29) is 11.5 Å². The summed E-state index contributed by atoms with van der Waals surface area (Å²) < 4.78 is 5.65. The molecule has 0 fully saturated rings. The molecule has 0 radical (unpaired) electrons. The van der Waals surface area contributed by atoms with Crippen molar-refractivity contribution in [1.29, 1.82) is 0 Å². The van der Waals surface area contributed by atoms with Crippen molar-refractivity contribution in [2.24, 2.45) is 0 Å². The van der Waals surface area contributed by atoms with Gasteiger partial charge in [0.15, 0.2) is 0 Å².